The summed E-state index contributed by atoms with van der Waals surface area (Å²) in [4.78, 5) is 18.7. The van der Waals surface area contributed by atoms with E-state index in [1.807, 2.05) is 5.38 Å². The van der Waals surface area contributed by atoms with Crippen LogP contribution < -0.4 is 5.32 Å². The average Bonchev–Trinajstić information content (AvgIpc) is 3.06. The van der Waals surface area contributed by atoms with E-state index in [0.717, 1.165) is 49.6 Å². The molecule has 20 heavy (non-hydrogen) atoms. The van der Waals surface area contributed by atoms with Crippen molar-refractivity contribution in [1.82, 2.24) is 15.2 Å². The van der Waals surface area contributed by atoms with E-state index in [9.17, 15) is 4.79 Å². The number of amides is 1. The summed E-state index contributed by atoms with van der Waals surface area (Å²) in [6.07, 6.45) is 3.02. The van der Waals surface area contributed by atoms with E-state index in [2.05, 4.69) is 22.1 Å². The van der Waals surface area contributed by atoms with E-state index in [1.165, 1.54) is 0 Å². The Hall–Kier alpha value is -0.650. The number of likely N-dealkylation sites (tertiary alicyclic amines) is 1. The van der Waals surface area contributed by atoms with Gasteiger partial charge < -0.3 is 10.2 Å². The van der Waals surface area contributed by atoms with Crippen LogP contribution in [0.15, 0.2) is 5.38 Å². The number of alkyl halides is 1. The lowest BCUT2D eigenvalue weighted by Crippen LogP contribution is -2.39. The number of hydrogen-bond acceptors (Lipinski definition) is 4. The number of carbonyl (C=O) groups is 1. The summed E-state index contributed by atoms with van der Waals surface area (Å²) in [6.45, 7) is 4.95. The summed E-state index contributed by atoms with van der Waals surface area (Å²) in [5.74, 6) is 0.652. The molecule has 1 N–H and O–H groups in total. The van der Waals surface area contributed by atoms with Crippen LogP contribution in [0.5, 0.6) is 0 Å². The van der Waals surface area contributed by atoms with Crippen molar-refractivity contribution in [3.8, 4) is 0 Å². The zero-order valence-electron chi connectivity index (χ0n) is 12.1. The summed E-state index contributed by atoms with van der Waals surface area (Å²) >= 11 is 7.44. The van der Waals surface area contributed by atoms with Gasteiger partial charge in [-0.1, -0.05) is 0 Å². The fourth-order valence-corrected chi connectivity index (χ4v) is 3.78. The van der Waals surface area contributed by atoms with Gasteiger partial charge in [0, 0.05) is 25.4 Å². The molecule has 0 aliphatic carbocycles. The van der Waals surface area contributed by atoms with E-state index in [0.29, 0.717) is 5.88 Å². The van der Waals surface area contributed by atoms with Crippen LogP contribution in [0.2, 0.25) is 0 Å². The predicted molar refractivity (Wildman–Crippen MR) is 83.2 cm³/mol. The second-order valence-electron chi connectivity index (χ2n) is 5.64. The Balaban J connectivity index is 1.74. The highest BCUT2D eigenvalue weighted by molar-refractivity contribution is 7.09. The van der Waals surface area contributed by atoms with Gasteiger partial charge in [0.1, 0.15) is 0 Å². The van der Waals surface area contributed by atoms with Gasteiger partial charge >= 0.3 is 0 Å². The molecule has 1 aromatic heterocycles. The number of thiazole rings is 1. The number of aromatic nitrogens is 1. The number of halogens is 1. The van der Waals surface area contributed by atoms with Crippen molar-refractivity contribution in [2.75, 3.05) is 26.7 Å². The molecule has 4 nitrogen and oxygen atoms in total. The van der Waals surface area contributed by atoms with Gasteiger partial charge in [0.15, 0.2) is 0 Å². The molecule has 1 saturated heterocycles. The van der Waals surface area contributed by atoms with Gasteiger partial charge in [0.05, 0.1) is 22.0 Å². The standard InChI is InChI=1S/C14H22ClN3OS/c1-14(13(19)16-2)5-7-18(10-14)6-3-4-12-17-11(8-15)9-20-12/h9H,3-8,10H2,1-2H3,(H,16,19). The molecule has 112 valence electrons. The summed E-state index contributed by atoms with van der Waals surface area (Å²) in [7, 11) is 1.72. The predicted octanol–water partition coefficient (Wildman–Crippen LogP) is 2.27. The maximum absolute atomic E-state index is 11.9. The minimum atomic E-state index is -0.221. The Kier molecular flexibility index (Phi) is 5.41. The quantitative estimate of drug-likeness (QED) is 0.819. The van der Waals surface area contributed by atoms with Gasteiger partial charge in [0.2, 0.25) is 5.91 Å². The summed E-state index contributed by atoms with van der Waals surface area (Å²) < 4.78 is 0. The van der Waals surface area contributed by atoms with Gasteiger partial charge in [-0.2, -0.15) is 0 Å². The zero-order chi connectivity index (χ0) is 14.6. The third-order valence-electron chi connectivity index (χ3n) is 3.93. The summed E-state index contributed by atoms with van der Waals surface area (Å²) in [5, 5.41) is 5.96. The van der Waals surface area contributed by atoms with Crippen molar-refractivity contribution < 1.29 is 4.79 Å². The molecule has 1 amide bonds. The van der Waals surface area contributed by atoms with Crippen LogP contribution in [0, 0.1) is 5.41 Å². The normalized spacial score (nSPS) is 23.1. The molecule has 2 heterocycles. The molecule has 0 saturated carbocycles. The van der Waals surface area contributed by atoms with E-state index in [-0.39, 0.29) is 11.3 Å². The van der Waals surface area contributed by atoms with Gasteiger partial charge in [-0.05, 0) is 32.9 Å². The summed E-state index contributed by atoms with van der Waals surface area (Å²) in [5.41, 5.74) is 0.752. The molecule has 0 aromatic carbocycles. The van der Waals surface area contributed by atoms with Crippen molar-refractivity contribution in [1.29, 1.82) is 0 Å². The first-order valence-electron chi connectivity index (χ1n) is 7.01. The lowest BCUT2D eigenvalue weighted by atomic mass is 9.89. The maximum atomic E-state index is 11.9. The van der Waals surface area contributed by atoms with Gasteiger partial charge in [-0.3, -0.25) is 4.79 Å². The first kappa shape index (κ1) is 15.7. The first-order chi connectivity index (χ1) is 9.57. The molecule has 1 unspecified atom stereocenters. The van der Waals surface area contributed by atoms with Crippen molar-refractivity contribution in [2.45, 2.75) is 32.1 Å². The highest BCUT2D eigenvalue weighted by Crippen LogP contribution is 2.30. The minimum Gasteiger partial charge on any atom is -0.359 e. The Morgan fingerprint density at radius 1 is 1.65 bits per heavy atom. The van der Waals surface area contributed by atoms with Crippen LogP contribution in [-0.2, 0) is 17.1 Å². The SMILES string of the molecule is CNC(=O)C1(C)CCN(CCCc2nc(CCl)cs2)C1. The number of nitrogens with zero attached hydrogens (tertiary/aromatic N) is 2. The van der Waals surface area contributed by atoms with Crippen LogP contribution >= 0.6 is 22.9 Å². The Bertz CT molecular complexity index is 465. The minimum absolute atomic E-state index is 0.159. The topological polar surface area (TPSA) is 45.2 Å². The third kappa shape index (κ3) is 3.71. The lowest BCUT2D eigenvalue weighted by molar-refractivity contribution is -0.129. The van der Waals surface area contributed by atoms with Gasteiger partial charge in [0.25, 0.3) is 0 Å². The van der Waals surface area contributed by atoms with Crippen LogP contribution in [0.25, 0.3) is 0 Å². The van der Waals surface area contributed by atoms with Crippen LogP contribution in [0.1, 0.15) is 30.5 Å². The first-order valence-corrected chi connectivity index (χ1v) is 8.42. The lowest BCUT2D eigenvalue weighted by Gasteiger charge is -2.22. The van der Waals surface area contributed by atoms with Gasteiger partial charge in [-0.25, -0.2) is 4.98 Å². The molecular formula is C14H22ClN3OS. The second-order valence-corrected chi connectivity index (χ2v) is 6.85. The molecule has 6 heteroatoms. The Morgan fingerprint density at radius 2 is 2.45 bits per heavy atom. The van der Waals surface area contributed by atoms with E-state index in [4.69, 9.17) is 11.6 Å². The molecule has 1 aromatic rings. The van der Waals surface area contributed by atoms with E-state index in [1.54, 1.807) is 18.4 Å². The summed E-state index contributed by atoms with van der Waals surface area (Å²) in [6, 6.07) is 0. The van der Waals surface area contributed by atoms with Crippen molar-refractivity contribution in [3.05, 3.63) is 16.1 Å². The molecule has 1 fully saturated rings. The molecule has 1 aliphatic rings. The average molecular weight is 316 g/mol. The number of carbonyl (C=O) groups excluding carboxylic acids is 1. The molecule has 0 spiro atoms. The monoisotopic (exact) mass is 315 g/mol. The third-order valence-corrected chi connectivity index (χ3v) is 5.16. The number of aryl methyl sites for hydroxylation is 1. The smallest absolute Gasteiger partial charge is 0.227 e. The van der Waals surface area contributed by atoms with E-state index >= 15 is 0 Å². The molecule has 1 atom stereocenters. The number of nitrogens with one attached hydrogen (secondary N) is 1. The molecule has 0 radical (unpaired) electrons. The Labute approximate surface area is 129 Å². The number of rotatable bonds is 6. The fourth-order valence-electron chi connectivity index (χ4n) is 2.71. The molecule has 1 aliphatic heterocycles. The van der Waals surface area contributed by atoms with Crippen molar-refractivity contribution in [3.63, 3.8) is 0 Å². The van der Waals surface area contributed by atoms with Crippen LogP contribution in [0.3, 0.4) is 0 Å². The largest absolute Gasteiger partial charge is 0.359 e. The van der Waals surface area contributed by atoms with Crippen LogP contribution in [-0.4, -0.2) is 42.5 Å². The maximum Gasteiger partial charge on any atom is 0.227 e. The van der Waals surface area contributed by atoms with Crippen molar-refractivity contribution in [2.24, 2.45) is 5.41 Å². The number of hydrogen-bond donors (Lipinski definition) is 1. The zero-order valence-corrected chi connectivity index (χ0v) is 13.7. The highest BCUT2D eigenvalue weighted by Gasteiger charge is 2.39. The Morgan fingerprint density at radius 3 is 3.10 bits per heavy atom. The van der Waals surface area contributed by atoms with Crippen molar-refractivity contribution >= 4 is 28.8 Å². The fraction of sp³-hybridized carbons (Fsp3) is 0.714. The van der Waals surface area contributed by atoms with E-state index < -0.39 is 0 Å². The van der Waals surface area contributed by atoms with Gasteiger partial charge in [-0.15, -0.1) is 22.9 Å². The second kappa shape index (κ2) is 6.87. The molecule has 2 rings (SSSR count). The molecular weight excluding hydrogens is 294 g/mol. The molecule has 0 bridgehead atoms. The highest BCUT2D eigenvalue weighted by atomic mass is 35.5. The van der Waals surface area contributed by atoms with Crippen LogP contribution in [0.4, 0.5) is 0 Å².